The van der Waals surface area contributed by atoms with E-state index in [0.717, 1.165) is 24.0 Å². The van der Waals surface area contributed by atoms with E-state index in [-0.39, 0.29) is 23.8 Å². The summed E-state index contributed by atoms with van der Waals surface area (Å²) in [7, 11) is 1.56. The highest BCUT2D eigenvalue weighted by molar-refractivity contribution is 5.98. The highest BCUT2D eigenvalue weighted by Gasteiger charge is 2.31. The number of carbonyl (C=O) groups is 2. The lowest BCUT2D eigenvalue weighted by molar-refractivity contribution is -0.121. The molecule has 1 aliphatic heterocycles. The van der Waals surface area contributed by atoms with Crippen LogP contribution in [0.3, 0.4) is 0 Å². The van der Waals surface area contributed by atoms with Gasteiger partial charge in [0.2, 0.25) is 5.91 Å². The zero-order valence-electron chi connectivity index (χ0n) is 19.0. The van der Waals surface area contributed by atoms with Crippen LogP contribution in [-0.2, 0) is 22.6 Å². The van der Waals surface area contributed by atoms with E-state index in [4.69, 9.17) is 9.47 Å². The summed E-state index contributed by atoms with van der Waals surface area (Å²) in [5, 5.41) is 13.9. The molecule has 2 N–H and O–H groups in total. The maximum Gasteiger partial charge on any atom is 0.342 e. The second kappa shape index (κ2) is 10.7. The molecule has 0 unspecified atom stereocenters. The molecule has 1 fully saturated rings. The predicted molar refractivity (Wildman–Crippen MR) is 119 cm³/mol. The van der Waals surface area contributed by atoms with Crippen LogP contribution in [-0.4, -0.2) is 30.1 Å². The summed E-state index contributed by atoms with van der Waals surface area (Å²) in [6.07, 6.45) is 11.9. The van der Waals surface area contributed by atoms with Crippen LogP contribution in [0.25, 0.3) is 0 Å². The molecule has 0 spiro atoms. The third kappa shape index (κ3) is 5.60. The van der Waals surface area contributed by atoms with Gasteiger partial charge in [-0.25, -0.2) is 4.79 Å². The van der Waals surface area contributed by atoms with E-state index < -0.39 is 5.97 Å². The number of phenolic OH excluding ortho intramolecular Hbond substituents is 1. The van der Waals surface area contributed by atoms with Gasteiger partial charge < -0.3 is 19.9 Å². The van der Waals surface area contributed by atoms with Gasteiger partial charge >= 0.3 is 5.97 Å². The molecule has 1 saturated carbocycles. The fraction of sp³-hybridized carbons (Fsp3) is 0.600. The highest BCUT2D eigenvalue weighted by Crippen LogP contribution is 2.42. The third-order valence-corrected chi connectivity index (χ3v) is 6.52. The van der Waals surface area contributed by atoms with Gasteiger partial charge in [-0.05, 0) is 45.1 Å². The maximum atomic E-state index is 12.4. The number of benzene rings is 1. The Bertz CT molecular complexity index is 850. The summed E-state index contributed by atoms with van der Waals surface area (Å²) >= 11 is 0. The SMILES string of the molecule is COc1c(C)c2c(c(O)c1CC=C(C)CCC(=O)NC1CCCCCCC1)C(=O)OC2. The molecule has 6 heteroatoms. The number of fused-ring (bicyclic) bond motifs is 1. The van der Waals surface area contributed by atoms with E-state index in [9.17, 15) is 14.7 Å². The molecular weight excluding hydrogens is 394 g/mol. The molecule has 1 aromatic carbocycles. The van der Waals surface area contributed by atoms with Crippen LogP contribution >= 0.6 is 0 Å². The number of rotatable bonds is 7. The van der Waals surface area contributed by atoms with Gasteiger partial charge in [0.25, 0.3) is 0 Å². The van der Waals surface area contributed by atoms with Crippen LogP contribution < -0.4 is 10.1 Å². The zero-order chi connectivity index (χ0) is 22.4. The topological polar surface area (TPSA) is 84.9 Å². The minimum atomic E-state index is -0.494. The lowest BCUT2D eigenvalue weighted by Gasteiger charge is -2.21. The van der Waals surface area contributed by atoms with E-state index in [1.165, 1.54) is 32.1 Å². The van der Waals surface area contributed by atoms with Crippen molar-refractivity contribution < 1.29 is 24.2 Å². The Hall–Kier alpha value is -2.50. The molecule has 1 aromatic rings. The van der Waals surface area contributed by atoms with Crippen molar-refractivity contribution in [3.63, 3.8) is 0 Å². The van der Waals surface area contributed by atoms with Gasteiger partial charge in [0.1, 0.15) is 23.7 Å². The van der Waals surface area contributed by atoms with Crippen molar-refractivity contribution in [2.24, 2.45) is 0 Å². The summed E-state index contributed by atoms with van der Waals surface area (Å²) in [6.45, 7) is 4.02. The monoisotopic (exact) mass is 429 g/mol. The Balaban J connectivity index is 1.60. The van der Waals surface area contributed by atoms with E-state index in [0.29, 0.717) is 42.2 Å². The van der Waals surface area contributed by atoms with Crippen LogP contribution in [0.5, 0.6) is 11.5 Å². The molecule has 2 aliphatic rings. The van der Waals surface area contributed by atoms with E-state index in [1.807, 2.05) is 19.9 Å². The van der Waals surface area contributed by atoms with Gasteiger partial charge in [0.15, 0.2) is 0 Å². The van der Waals surface area contributed by atoms with Crippen molar-refractivity contribution >= 4 is 11.9 Å². The second-order valence-electron chi connectivity index (χ2n) is 8.78. The lowest BCUT2D eigenvalue weighted by atomic mass is 9.94. The predicted octanol–water partition coefficient (Wildman–Crippen LogP) is 4.88. The summed E-state index contributed by atoms with van der Waals surface area (Å²) in [4.78, 5) is 24.4. The fourth-order valence-corrected chi connectivity index (χ4v) is 4.62. The van der Waals surface area contributed by atoms with Crippen molar-refractivity contribution in [2.75, 3.05) is 7.11 Å². The molecule has 1 aliphatic carbocycles. The van der Waals surface area contributed by atoms with Crippen LogP contribution in [0.15, 0.2) is 11.6 Å². The van der Waals surface area contributed by atoms with Crippen LogP contribution in [0.2, 0.25) is 0 Å². The molecule has 0 radical (unpaired) electrons. The molecule has 6 nitrogen and oxygen atoms in total. The van der Waals surface area contributed by atoms with Gasteiger partial charge in [-0.3, -0.25) is 4.79 Å². The number of hydrogen-bond acceptors (Lipinski definition) is 5. The number of amides is 1. The second-order valence-corrected chi connectivity index (χ2v) is 8.78. The van der Waals surface area contributed by atoms with Crippen LogP contribution in [0, 0.1) is 6.92 Å². The first-order chi connectivity index (χ1) is 14.9. The molecule has 0 atom stereocenters. The molecule has 3 rings (SSSR count). The van der Waals surface area contributed by atoms with Gasteiger partial charge in [-0.2, -0.15) is 0 Å². The molecule has 0 bridgehead atoms. The third-order valence-electron chi connectivity index (χ3n) is 6.52. The number of esters is 1. The number of aromatic hydroxyl groups is 1. The van der Waals surface area contributed by atoms with Crippen LogP contribution in [0.4, 0.5) is 0 Å². The summed E-state index contributed by atoms with van der Waals surface area (Å²) in [6, 6.07) is 0.312. The molecule has 0 aromatic heterocycles. The smallest absolute Gasteiger partial charge is 0.342 e. The molecule has 1 amide bonds. The average Bonchev–Trinajstić information content (AvgIpc) is 3.12. The van der Waals surface area contributed by atoms with Crippen molar-refractivity contribution in [2.45, 2.75) is 90.7 Å². The molecule has 170 valence electrons. The first kappa shape index (κ1) is 23.2. The minimum absolute atomic E-state index is 0.0639. The van der Waals surface area contributed by atoms with Crippen molar-refractivity contribution in [1.29, 1.82) is 0 Å². The Kier molecular flexibility index (Phi) is 7.99. The highest BCUT2D eigenvalue weighted by atomic mass is 16.5. The number of nitrogens with one attached hydrogen (secondary N) is 1. The number of allylic oxidation sites excluding steroid dienone is 2. The number of cyclic esters (lactones) is 1. The normalized spacial score (nSPS) is 17.5. The Morgan fingerprint density at radius 1 is 1.19 bits per heavy atom. The van der Waals surface area contributed by atoms with Gasteiger partial charge in [0.05, 0.1) is 7.11 Å². The molecule has 1 heterocycles. The zero-order valence-corrected chi connectivity index (χ0v) is 19.0. The standard InChI is InChI=1S/C25H35NO5/c1-16(12-14-21(27)26-18-9-7-5-4-6-8-10-18)11-13-19-23(28)22-20(15-31-25(22)29)17(2)24(19)30-3/h11,18,28H,4-10,12-15H2,1-3H3,(H,26,27). The summed E-state index contributed by atoms with van der Waals surface area (Å²) < 4.78 is 10.6. The Morgan fingerprint density at radius 2 is 1.87 bits per heavy atom. The van der Waals surface area contributed by atoms with E-state index in [2.05, 4.69) is 5.32 Å². The molecular formula is C25H35NO5. The average molecular weight is 430 g/mol. The first-order valence-corrected chi connectivity index (χ1v) is 11.5. The molecule has 31 heavy (non-hydrogen) atoms. The molecule has 0 saturated heterocycles. The van der Waals surface area contributed by atoms with Gasteiger partial charge in [-0.1, -0.05) is 43.8 Å². The van der Waals surface area contributed by atoms with Gasteiger partial charge in [0, 0.05) is 23.6 Å². The number of ether oxygens (including phenoxy) is 2. The maximum absolute atomic E-state index is 12.4. The van der Waals surface area contributed by atoms with Crippen molar-refractivity contribution in [1.82, 2.24) is 5.32 Å². The quantitative estimate of drug-likeness (QED) is 0.477. The number of methoxy groups -OCH3 is 1. The fourth-order valence-electron chi connectivity index (χ4n) is 4.62. The minimum Gasteiger partial charge on any atom is -0.507 e. The van der Waals surface area contributed by atoms with Gasteiger partial charge in [-0.15, -0.1) is 0 Å². The number of phenols is 1. The van der Waals surface area contributed by atoms with E-state index in [1.54, 1.807) is 7.11 Å². The summed E-state index contributed by atoms with van der Waals surface area (Å²) in [5.41, 5.74) is 3.40. The van der Waals surface area contributed by atoms with E-state index >= 15 is 0 Å². The Labute approximate surface area is 185 Å². The summed E-state index contributed by atoms with van der Waals surface area (Å²) in [5.74, 6) is 0.132. The lowest BCUT2D eigenvalue weighted by Crippen LogP contribution is -2.35. The van der Waals surface area contributed by atoms with Crippen molar-refractivity contribution in [3.05, 3.63) is 33.9 Å². The largest absolute Gasteiger partial charge is 0.507 e. The van der Waals surface area contributed by atoms with Crippen LogP contribution in [0.1, 0.15) is 91.8 Å². The number of hydrogen-bond donors (Lipinski definition) is 2. The van der Waals surface area contributed by atoms with Crippen molar-refractivity contribution in [3.8, 4) is 11.5 Å². The Morgan fingerprint density at radius 3 is 2.55 bits per heavy atom. The first-order valence-electron chi connectivity index (χ1n) is 11.5. The number of carbonyl (C=O) groups excluding carboxylic acids is 2.